The third-order valence-corrected chi connectivity index (χ3v) is 14.3. The maximum Gasteiger partial charge on any atom is 0.407 e. The van der Waals surface area contributed by atoms with E-state index in [9.17, 15) is 9.59 Å². The third-order valence-electron chi connectivity index (χ3n) is 14.3. The van der Waals surface area contributed by atoms with Crippen LogP contribution < -0.4 is 5.32 Å². The minimum atomic E-state index is -0.292. The van der Waals surface area contributed by atoms with Crippen molar-refractivity contribution in [3.05, 3.63) is 47.0 Å². The number of ketones is 1. The molecular formula is C38H55NO3. The van der Waals surface area contributed by atoms with Gasteiger partial charge in [-0.1, -0.05) is 91.3 Å². The first-order valence-electron chi connectivity index (χ1n) is 16.9. The van der Waals surface area contributed by atoms with E-state index in [1.807, 2.05) is 30.3 Å². The number of nitrogens with one attached hydrogen (secondary N) is 1. The average molecular weight is 574 g/mol. The fraction of sp³-hybridized carbons (Fsp3) is 0.737. The summed E-state index contributed by atoms with van der Waals surface area (Å²) >= 11 is 0. The number of alkyl carbamates (subject to hydrolysis) is 1. The summed E-state index contributed by atoms with van der Waals surface area (Å²) in [6.45, 7) is 19.9. The van der Waals surface area contributed by atoms with Crippen molar-refractivity contribution in [2.75, 3.05) is 0 Å². The summed E-state index contributed by atoms with van der Waals surface area (Å²) in [5.74, 6) is 2.51. The van der Waals surface area contributed by atoms with E-state index in [1.54, 1.807) is 5.57 Å². The molecule has 5 aliphatic rings. The summed E-state index contributed by atoms with van der Waals surface area (Å²) in [5, 5.41) is 3.31. The van der Waals surface area contributed by atoms with Crippen LogP contribution in [0.1, 0.15) is 119 Å². The number of fused-ring (bicyclic) bond motifs is 7. The number of carbonyl (C=O) groups is 2. The van der Waals surface area contributed by atoms with Crippen molar-refractivity contribution in [1.29, 1.82) is 0 Å². The topological polar surface area (TPSA) is 55.4 Å². The van der Waals surface area contributed by atoms with E-state index in [1.165, 1.54) is 37.7 Å². The van der Waals surface area contributed by atoms with Gasteiger partial charge in [0.2, 0.25) is 0 Å². The largest absolute Gasteiger partial charge is 0.445 e. The molecule has 0 radical (unpaired) electrons. The van der Waals surface area contributed by atoms with Crippen LogP contribution in [0.4, 0.5) is 4.79 Å². The first kappa shape index (κ1) is 29.9. The number of hydrogen-bond donors (Lipinski definition) is 1. The maximum atomic E-state index is 13.4. The molecule has 8 atom stereocenters. The van der Waals surface area contributed by atoms with Gasteiger partial charge in [-0.05, 0) is 113 Å². The monoisotopic (exact) mass is 573 g/mol. The Kier molecular flexibility index (Phi) is 7.10. The molecule has 1 unspecified atom stereocenters. The minimum absolute atomic E-state index is 0.00575. The van der Waals surface area contributed by atoms with Crippen LogP contribution in [-0.2, 0) is 16.1 Å². The summed E-state index contributed by atoms with van der Waals surface area (Å²) < 4.78 is 5.66. The van der Waals surface area contributed by atoms with Crippen molar-refractivity contribution in [2.45, 2.75) is 126 Å². The van der Waals surface area contributed by atoms with Gasteiger partial charge in [0.1, 0.15) is 6.61 Å². The Hall–Kier alpha value is -2.10. The Bertz CT molecular complexity index is 1280. The molecule has 1 aromatic rings. The van der Waals surface area contributed by atoms with Crippen LogP contribution in [0.15, 0.2) is 41.5 Å². The molecule has 1 N–H and O–H groups in total. The molecule has 4 heteroatoms. The molecule has 4 saturated carbocycles. The maximum absolute atomic E-state index is 13.4. The summed E-state index contributed by atoms with van der Waals surface area (Å²) in [6, 6.07) is 10.0. The molecule has 6 rings (SSSR count). The lowest BCUT2D eigenvalue weighted by molar-refractivity contribution is -0.215. The van der Waals surface area contributed by atoms with E-state index < -0.39 is 0 Å². The highest BCUT2D eigenvalue weighted by atomic mass is 16.5. The normalized spacial score (nSPS) is 42.4. The van der Waals surface area contributed by atoms with Gasteiger partial charge in [0.15, 0.2) is 5.78 Å². The number of hydrogen-bond acceptors (Lipinski definition) is 3. The smallest absolute Gasteiger partial charge is 0.407 e. The Balaban J connectivity index is 1.24. The predicted molar refractivity (Wildman–Crippen MR) is 169 cm³/mol. The Morgan fingerprint density at radius 1 is 0.881 bits per heavy atom. The summed E-state index contributed by atoms with van der Waals surface area (Å²) in [5.41, 5.74) is 4.59. The lowest BCUT2D eigenvalue weighted by atomic mass is 9.33. The van der Waals surface area contributed by atoms with Crippen molar-refractivity contribution >= 4 is 11.9 Å². The van der Waals surface area contributed by atoms with E-state index in [0.717, 1.165) is 31.2 Å². The molecule has 0 spiro atoms. The number of ether oxygens (including phenoxy) is 1. The zero-order valence-corrected chi connectivity index (χ0v) is 27.6. The van der Waals surface area contributed by atoms with E-state index in [4.69, 9.17) is 4.74 Å². The summed E-state index contributed by atoms with van der Waals surface area (Å²) in [4.78, 5) is 26.3. The first-order chi connectivity index (χ1) is 19.7. The Morgan fingerprint density at radius 2 is 1.60 bits per heavy atom. The number of Topliss-reactive ketones (excluding diaryl/α,β-unsaturated/α-hetero) is 1. The van der Waals surface area contributed by atoms with Crippen molar-refractivity contribution < 1.29 is 14.3 Å². The van der Waals surface area contributed by atoms with Crippen molar-refractivity contribution in [1.82, 2.24) is 5.32 Å². The van der Waals surface area contributed by atoms with Crippen molar-refractivity contribution in [3.8, 4) is 0 Å². The van der Waals surface area contributed by atoms with Gasteiger partial charge in [-0.2, -0.15) is 0 Å². The van der Waals surface area contributed by atoms with Crippen molar-refractivity contribution in [2.24, 2.45) is 50.7 Å². The van der Waals surface area contributed by atoms with E-state index >= 15 is 0 Å². The van der Waals surface area contributed by atoms with Crippen LogP contribution in [0, 0.1) is 50.7 Å². The zero-order valence-electron chi connectivity index (χ0n) is 27.6. The van der Waals surface area contributed by atoms with Crippen LogP contribution in [-0.4, -0.2) is 17.9 Å². The number of allylic oxidation sites excluding steroid dienone is 2. The van der Waals surface area contributed by atoms with Crippen LogP contribution in [0.2, 0.25) is 0 Å². The highest BCUT2D eigenvalue weighted by Gasteiger charge is 2.69. The average Bonchev–Trinajstić information content (AvgIpc) is 3.20. The molecule has 0 aromatic heterocycles. The lowest BCUT2D eigenvalue weighted by Crippen LogP contribution is -2.66. The van der Waals surface area contributed by atoms with Gasteiger partial charge in [-0.3, -0.25) is 4.79 Å². The summed E-state index contributed by atoms with van der Waals surface area (Å²) in [7, 11) is 0. The molecule has 5 aliphatic carbocycles. The van der Waals surface area contributed by atoms with E-state index in [0.29, 0.717) is 36.1 Å². The third kappa shape index (κ3) is 4.20. The molecule has 0 saturated heterocycles. The molecule has 0 bridgehead atoms. The van der Waals surface area contributed by atoms with Crippen LogP contribution in [0.3, 0.4) is 0 Å². The highest BCUT2D eigenvalue weighted by molar-refractivity contribution is 6.00. The molecule has 0 heterocycles. The number of rotatable bonds is 4. The van der Waals surface area contributed by atoms with Gasteiger partial charge >= 0.3 is 6.09 Å². The lowest BCUT2D eigenvalue weighted by Gasteiger charge is -2.72. The second-order valence-electron chi connectivity index (χ2n) is 16.9. The van der Waals surface area contributed by atoms with Gasteiger partial charge in [-0.25, -0.2) is 4.79 Å². The Morgan fingerprint density at radius 3 is 2.29 bits per heavy atom. The Labute approximate surface area is 254 Å². The molecule has 230 valence electrons. The molecule has 4 nitrogen and oxygen atoms in total. The quantitative estimate of drug-likeness (QED) is 0.390. The fourth-order valence-corrected chi connectivity index (χ4v) is 12.0. The van der Waals surface area contributed by atoms with Crippen LogP contribution in [0.25, 0.3) is 0 Å². The van der Waals surface area contributed by atoms with Gasteiger partial charge in [0.05, 0.1) is 0 Å². The SMILES string of the molecule is CC(C)C1=C2[C@H]3CC[C@@H]4[C@@]5(C)CCC(NC(=O)OCc6ccccc6)C(C)(C)[C@@H]5CC[C@@]4(C)[C@]3(C)CC[C@@]2(C)CC1=O. The van der Waals surface area contributed by atoms with E-state index in [2.05, 4.69) is 60.7 Å². The standard InChI is InChI=1S/C38H55NO3/c1-24(2)31-27(40)22-35(5)20-21-37(7)26(32(31)35)14-15-29-36(6)18-17-30(34(3,4)28(36)16-19-38(29,37)8)39-33(41)42-23-25-12-10-9-11-13-25/h9-13,24,26,28-30H,14-23H2,1-8H3,(H,39,41)/t26-,28+,29-,30?,35+,36+,37-,38-/m1/s1. The van der Waals surface area contributed by atoms with Gasteiger partial charge in [0, 0.05) is 12.5 Å². The highest BCUT2D eigenvalue weighted by Crippen LogP contribution is 2.76. The predicted octanol–water partition coefficient (Wildman–Crippen LogP) is 9.28. The minimum Gasteiger partial charge on any atom is -0.445 e. The number of benzene rings is 1. The molecule has 0 aliphatic heterocycles. The number of amides is 1. The number of carbonyl (C=O) groups excluding carboxylic acids is 2. The van der Waals surface area contributed by atoms with Gasteiger partial charge in [0.25, 0.3) is 0 Å². The van der Waals surface area contributed by atoms with Gasteiger partial charge in [-0.15, -0.1) is 0 Å². The first-order valence-corrected chi connectivity index (χ1v) is 16.9. The summed E-state index contributed by atoms with van der Waals surface area (Å²) in [6.07, 6.45) is 9.93. The molecule has 1 amide bonds. The molecule has 1 aromatic carbocycles. The van der Waals surface area contributed by atoms with Crippen LogP contribution in [0.5, 0.6) is 0 Å². The van der Waals surface area contributed by atoms with Gasteiger partial charge < -0.3 is 10.1 Å². The molecule has 42 heavy (non-hydrogen) atoms. The zero-order chi connectivity index (χ0) is 30.3. The molecular weight excluding hydrogens is 518 g/mol. The second kappa shape index (κ2) is 9.96. The van der Waals surface area contributed by atoms with Crippen LogP contribution >= 0.6 is 0 Å². The van der Waals surface area contributed by atoms with Crippen molar-refractivity contribution in [3.63, 3.8) is 0 Å². The fourth-order valence-electron chi connectivity index (χ4n) is 12.0. The van der Waals surface area contributed by atoms with E-state index in [-0.39, 0.29) is 39.2 Å². The second-order valence-corrected chi connectivity index (χ2v) is 16.9. The molecule has 4 fully saturated rings.